The number of fused-ring (bicyclic) bond motifs is 1. The molecule has 0 amide bonds. The van der Waals surface area contributed by atoms with Gasteiger partial charge < -0.3 is 4.74 Å². The summed E-state index contributed by atoms with van der Waals surface area (Å²) >= 11 is 0. The minimum atomic E-state index is -3.83. The van der Waals surface area contributed by atoms with E-state index < -0.39 is 16.1 Å². The van der Waals surface area contributed by atoms with Gasteiger partial charge in [-0.15, -0.1) is 0 Å². The minimum absolute atomic E-state index is 0.240. The highest BCUT2D eigenvalue weighted by Crippen LogP contribution is 2.32. The summed E-state index contributed by atoms with van der Waals surface area (Å²) in [6.07, 6.45) is 0.881. The highest BCUT2D eigenvalue weighted by atomic mass is 32.2. The summed E-state index contributed by atoms with van der Waals surface area (Å²) in [5.41, 5.74) is 1.76. The lowest BCUT2D eigenvalue weighted by atomic mass is 10.00. The predicted octanol–water partition coefficient (Wildman–Crippen LogP) is 5.70. The number of benzene rings is 4. The Morgan fingerprint density at radius 2 is 1.29 bits per heavy atom. The van der Waals surface area contributed by atoms with E-state index in [-0.39, 0.29) is 4.90 Å². The van der Waals surface area contributed by atoms with Gasteiger partial charge >= 0.3 is 0 Å². The van der Waals surface area contributed by atoms with Crippen LogP contribution in [-0.2, 0) is 10.0 Å². The van der Waals surface area contributed by atoms with Crippen molar-refractivity contribution < 1.29 is 13.2 Å². The van der Waals surface area contributed by atoms with Crippen molar-refractivity contribution in [3.05, 3.63) is 108 Å². The van der Waals surface area contributed by atoms with Gasteiger partial charge in [0.05, 0.1) is 17.5 Å². The number of sulfonamides is 1. The van der Waals surface area contributed by atoms with Crippen molar-refractivity contribution in [2.45, 2.75) is 24.3 Å². The molecule has 0 unspecified atom stereocenters. The molecule has 0 bridgehead atoms. The van der Waals surface area contributed by atoms with Crippen LogP contribution >= 0.6 is 0 Å². The van der Waals surface area contributed by atoms with Gasteiger partial charge in [0.15, 0.2) is 0 Å². The quantitative estimate of drug-likeness (QED) is 0.390. The Hall–Kier alpha value is -3.15. The maximum absolute atomic E-state index is 13.6. The summed E-state index contributed by atoms with van der Waals surface area (Å²) in [6.45, 7) is 2.62. The Balaban J connectivity index is 1.78. The van der Waals surface area contributed by atoms with Crippen molar-refractivity contribution in [1.82, 2.24) is 4.72 Å². The molecule has 0 saturated heterocycles. The van der Waals surface area contributed by atoms with Gasteiger partial charge in [-0.05, 0) is 29.7 Å². The van der Waals surface area contributed by atoms with Crippen molar-refractivity contribution >= 4 is 20.8 Å². The molecule has 4 aromatic rings. The number of nitrogens with one attached hydrogen (secondary N) is 1. The molecule has 4 aromatic carbocycles. The molecule has 0 aliphatic heterocycles. The van der Waals surface area contributed by atoms with Gasteiger partial charge in [-0.25, -0.2) is 8.42 Å². The molecule has 1 N–H and O–H groups in total. The van der Waals surface area contributed by atoms with Crippen molar-refractivity contribution in [1.29, 1.82) is 0 Å². The molecule has 0 aliphatic rings. The van der Waals surface area contributed by atoms with E-state index in [1.165, 1.54) is 0 Å². The van der Waals surface area contributed by atoms with E-state index in [0.717, 1.165) is 22.9 Å². The van der Waals surface area contributed by atoms with E-state index >= 15 is 0 Å². The summed E-state index contributed by atoms with van der Waals surface area (Å²) in [4.78, 5) is 0.240. The minimum Gasteiger partial charge on any atom is -0.493 e. The van der Waals surface area contributed by atoms with Gasteiger partial charge in [-0.2, -0.15) is 4.72 Å². The maximum atomic E-state index is 13.6. The van der Waals surface area contributed by atoms with Gasteiger partial charge in [0.25, 0.3) is 0 Å². The lowest BCUT2D eigenvalue weighted by Gasteiger charge is -2.21. The fraction of sp³-hybridized carbons (Fsp3) is 0.154. The topological polar surface area (TPSA) is 55.4 Å². The van der Waals surface area contributed by atoms with E-state index in [1.54, 1.807) is 12.1 Å². The molecule has 0 aromatic heterocycles. The van der Waals surface area contributed by atoms with E-state index in [9.17, 15) is 8.42 Å². The molecule has 0 spiro atoms. The average molecular weight is 432 g/mol. The van der Waals surface area contributed by atoms with Crippen LogP contribution in [0.15, 0.2) is 102 Å². The first kappa shape index (κ1) is 21.1. The third-order valence-corrected chi connectivity index (χ3v) is 6.62. The normalized spacial score (nSPS) is 11.7. The molecular formula is C26H25NO3S. The van der Waals surface area contributed by atoms with Gasteiger partial charge in [-0.1, -0.05) is 91.9 Å². The molecule has 5 heteroatoms. The van der Waals surface area contributed by atoms with E-state index in [2.05, 4.69) is 4.72 Å². The summed E-state index contributed by atoms with van der Waals surface area (Å²) < 4.78 is 35.9. The first-order valence-electron chi connectivity index (χ1n) is 10.4. The second-order valence-corrected chi connectivity index (χ2v) is 9.01. The van der Waals surface area contributed by atoms with Crippen molar-refractivity contribution in [3.63, 3.8) is 0 Å². The Labute approximate surface area is 183 Å². The molecule has 0 radical (unpaired) electrons. The highest BCUT2D eigenvalue weighted by Gasteiger charge is 2.25. The van der Waals surface area contributed by atoms with Crippen LogP contribution < -0.4 is 9.46 Å². The molecule has 0 fully saturated rings. The Kier molecular flexibility index (Phi) is 6.35. The molecule has 0 atom stereocenters. The summed E-state index contributed by atoms with van der Waals surface area (Å²) in [5.74, 6) is 0.694. The molecule has 158 valence electrons. The van der Waals surface area contributed by atoms with Crippen LogP contribution in [0.5, 0.6) is 5.75 Å². The number of hydrogen-bond donors (Lipinski definition) is 1. The van der Waals surface area contributed by atoms with Crippen LogP contribution in [0, 0.1) is 0 Å². The standard InChI is InChI=1S/C26H25NO3S/c1-2-19-30-24-17-18-25(23-16-10-9-15-22(23)24)31(28,29)27-26(20-11-5-3-6-12-20)21-13-7-4-8-14-21/h3-18,26-27H,2,19H2,1H3. The van der Waals surface area contributed by atoms with Crippen LogP contribution in [-0.4, -0.2) is 15.0 Å². The second kappa shape index (κ2) is 9.33. The van der Waals surface area contributed by atoms with Crippen LogP contribution in [0.25, 0.3) is 10.8 Å². The summed E-state index contributed by atoms with van der Waals surface area (Å²) in [5, 5.41) is 1.43. The first-order valence-corrected chi connectivity index (χ1v) is 11.9. The van der Waals surface area contributed by atoms with Gasteiger partial charge in [0.1, 0.15) is 5.75 Å². The third-order valence-electron chi connectivity index (χ3n) is 5.13. The molecule has 0 saturated carbocycles. The smallest absolute Gasteiger partial charge is 0.242 e. The molecule has 4 nitrogen and oxygen atoms in total. The largest absolute Gasteiger partial charge is 0.493 e. The molecule has 31 heavy (non-hydrogen) atoms. The second-order valence-electron chi connectivity index (χ2n) is 7.33. The number of ether oxygens (including phenoxy) is 1. The first-order chi connectivity index (χ1) is 15.1. The molecule has 4 rings (SSSR count). The lowest BCUT2D eigenvalue weighted by molar-refractivity contribution is 0.321. The zero-order valence-electron chi connectivity index (χ0n) is 17.4. The fourth-order valence-corrected chi connectivity index (χ4v) is 5.08. The van der Waals surface area contributed by atoms with Crippen molar-refractivity contribution in [2.75, 3.05) is 6.61 Å². The molecule has 0 heterocycles. The zero-order chi connectivity index (χ0) is 21.7. The Bertz CT molecular complexity index is 1220. The maximum Gasteiger partial charge on any atom is 0.242 e. The fourth-order valence-electron chi connectivity index (χ4n) is 3.65. The zero-order valence-corrected chi connectivity index (χ0v) is 18.2. The van der Waals surface area contributed by atoms with E-state index in [4.69, 9.17) is 4.74 Å². The van der Waals surface area contributed by atoms with E-state index in [1.807, 2.05) is 91.9 Å². The van der Waals surface area contributed by atoms with Crippen molar-refractivity contribution in [3.8, 4) is 5.75 Å². The van der Waals surface area contributed by atoms with Crippen LogP contribution in [0.4, 0.5) is 0 Å². The summed E-state index contributed by atoms with van der Waals surface area (Å²) in [6, 6.07) is 29.5. The number of hydrogen-bond acceptors (Lipinski definition) is 3. The van der Waals surface area contributed by atoms with E-state index in [0.29, 0.717) is 17.7 Å². The predicted molar refractivity (Wildman–Crippen MR) is 125 cm³/mol. The van der Waals surface area contributed by atoms with Gasteiger partial charge in [0, 0.05) is 10.8 Å². The van der Waals surface area contributed by atoms with Crippen LogP contribution in [0.2, 0.25) is 0 Å². The highest BCUT2D eigenvalue weighted by molar-refractivity contribution is 7.89. The average Bonchev–Trinajstić information content (AvgIpc) is 2.82. The Morgan fingerprint density at radius 1 is 0.742 bits per heavy atom. The third kappa shape index (κ3) is 4.63. The lowest BCUT2D eigenvalue weighted by Crippen LogP contribution is -2.29. The Morgan fingerprint density at radius 3 is 1.87 bits per heavy atom. The number of rotatable bonds is 8. The monoisotopic (exact) mass is 431 g/mol. The molecular weight excluding hydrogens is 406 g/mol. The van der Waals surface area contributed by atoms with Crippen molar-refractivity contribution in [2.24, 2.45) is 0 Å². The van der Waals surface area contributed by atoms with Crippen LogP contribution in [0.3, 0.4) is 0 Å². The summed E-state index contributed by atoms with van der Waals surface area (Å²) in [7, 11) is -3.83. The molecule has 0 aliphatic carbocycles. The SMILES string of the molecule is CCCOc1ccc(S(=O)(=O)NC(c2ccccc2)c2ccccc2)c2ccccc12. The van der Waals surface area contributed by atoms with Gasteiger partial charge in [0.2, 0.25) is 10.0 Å². The van der Waals surface area contributed by atoms with Gasteiger partial charge in [-0.3, -0.25) is 0 Å². The van der Waals surface area contributed by atoms with Crippen LogP contribution in [0.1, 0.15) is 30.5 Å².